The molecule has 6 nitrogen and oxygen atoms in total. The first-order valence-corrected chi connectivity index (χ1v) is 10.3. The van der Waals surface area contributed by atoms with E-state index in [0.29, 0.717) is 16.4 Å². The van der Waals surface area contributed by atoms with E-state index in [1.165, 1.54) is 33.7 Å². The minimum atomic E-state index is -0.194. The van der Waals surface area contributed by atoms with Crippen LogP contribution >= 0.6 is 23.1 Å². The van der Waals surface area contributed by atoms with Crippen molar-refractivity contribution in [2.75, 3.05) is 11.1 Å². The second-order valence-corrected chi connectivity index (χ2v) is 8.11. The molecular weight excluding hydrogens is 380 g/mol. The Labute approximate surface area is 163 Å². The Balaban J connectivity index is 1.40. The van der Waals surface area contributed by atoms with Crippen LogP contribution in [0.1, 0.15) is 10.7 Å². The van der Waals surface area contributed by atoms with Crippen molar-refractivity contribution in [2.24, 2.45) is 0 Å². The minimum absolute atomic E-state index is 0.0808. The molecular formula is C19H16N4O2S2. The van der Waals surface area contributed by atoms with Gasteiger partial charge in [0, 0.05) is 22.9 Å². The van der Waals surface area contributed by atoms with Gasteiger partial charge in [-0.25, -0.2) is 4.98 Å². The van der Waals surface area contributed by atoms with Gasteiger partial charge < -0.3 is 5.32 Å². The zero-order valence-corrected chi connectivity index (χ0v) is 16.1. The van der Waals surface area contributed by atoms with Gasteiger partial charge in [-0.05, 0) is 18.4 Å². The number of carbonyl (C=O) groups excluding carboxylic acids is 1. The monoisotopic (exact) mass is 396 g/mol. The lowest BCUT2D eigenvalue weighted by molar-refractivity contribution is -0.113. The van der Waals surface area contributed by atoms with Crippen LogP contribution in [-0.4, -0.2) is 26.3 Å². The van der Waals surface area contributed by atoms with E-state index in [9.17, 15) is 9.59 Å². The number of nitrogens with one attached hydrogen (secondary N) is 1. The summed E-state index contributed by atoms with van der Waals surface area (Å²) in [7, 11) is 0. The molecule has 0 saturated heterocycles. The summed E-state index contributed by atoms with van der Waals surface area (Å²) in [6.07, 6.45) is 0. The lowest BCUT2D eigenvalue weighted by Gasteiger charge is -2.08. The summed E-state index contributed by atoms with van der Waals surface area (Å²) in [5.74, 6) is 0.695. The standard InChI is InChI=1S/C19H16N4O2S2/c1-12-22-23-18(25)9-14(20-19(23)27-12)10-26-11-17(24)21-16-8-4-6-13-5-2-3-7-15(13)16/h2-9H,10-11H2,1H3,(H,21,24). The summed E-state index contributed by atoms with van der Waals surface area (Å²) in [4.78, 5) is 29.4. The SMILES string of the molecule is Cc1nn2c(=O)cc(CSCC(=O)Nc3cccc4ccccc34)nc2s1. The Morgan fingerprint density at radius 2 is 2.04 bits per heavy atom. The van der Waals surface area contributed by atoms with Gasteiger partial charge in [0.15, 0.2) is 0 Å². The molecule has 0 radical (unpaired) electrons. The highest BCUT2D eigenvalue weighted by atomic mass is 32.2. The number of aromatic nitrogens is 3. The molecule has 2 heterocycles. The molecule has 27 heavy (non-hydrogen) atoms. The summed E-state index contributed by atoms with van der Waals surface area (Å²) >= 11 is 2.80. The molecule has 0 aliphatic rings. The number of benzene rings is 2. The Kier molecular flexibility index (Phi) is 4.91. The smallest absolute Gasteiger partial charge is 0.275 e. The van der Waals surface area contributed by atoms with Crippen LogP contribution in [-0.2, 0) is 10.5 Å². The van der Waals surface area contributed by atoms with Gasteiger partial charge in [-0.2, -0.15) is 9.61 Å². The van der Waals surface area contributed by atoms with Crippen LogP contribution in [0, 0.1) is 6.92 Å². The fourth-order valence-corrected chi connectivity index (χ4v) is 4.28. The highest BCUT2D eigenvalue weighted by Gasteiger charge is 2.09. The highest BCUT2D eigenvalue weighted by Crippen LogP contribution is 2.23. The van der Waals surface area contributed by atoms with Crippen molar-refractivity contribution in [3.05, 3.63) is 69.6 Å². The molecule has 136 valence electrons. The van der Waals surface area contributed by atoms with Crippen LogP contribution in [0.3, 0.4) is 0 Å². The Hall–Kier alpha value is -2.71. The summed E-state index contributed by atoms with van der Waals surface area (Å²) in [5, 5.41) is 9.97. The van der Waals surface area contributed by atoms with Gasteiger partial charge in [-0.15, -0.1) is 11.8 Å². The Morgan fingerprint density at radius 1 is 1.22 bits per heavy atom. The average molecular weight is 396 g/mol. The first-order valence-electron chi connectivity index (χ1n) is 8.32. The van der Waals surface area contributed by atoms with E-state index in [-0.39, 0.29) is 17.2 Å². The normalized spacial score (nSPS) is 11.1. The number of hydrogen-bond donors (Lipinski definition) is 1. The quantitative estimate of drug-likeness (QED) is 0.559. The van der Waals surface area contributed by atoms with Crippen LogP contribution < -0.4 is 10.9 Å². The number of thioether (sulfide) groups is 1. The first-order chi connectivity index (χ1) is 13.1. The summed E-state index contributed by atoms with van der Waals surface area (Å²) in [5.41, 5.74) is 1.27. The van der Waals surface area contributed by atoms with Gasteiger partial charge in [0.25, 0.3) is 5.56 Å². The Bertz CT molecular complexity index is 1190. The van der Waals surface area contributed by atoms with E-state index >= 15 is 0 Å². The fourth-order valence-electron chi connectivity index (χ4n) is 2.79. The van der Waals surface area contributed by atoms with Crippen LogP contribution in [0.15, 0.2) is 53.3 Å². The Morgan fingerprint density at radius 3 is 2.93 bits per heavy atom. The van der Waals surface area contributed by atoms with Crippen molar-refractivity contribution in [3.63, 3.8) is 0 Å². The minimum Gasteiger partial charge on any atom is -0.325 e. The molecule has 4 rings (SSSR count). The third-order valence-corrected chi connectivity index (χ3v) is 5.74. The second kappa shape index (κ2) is 7.50. The number of nitrogens with zero attached hydrogens (tertiary/aromatic N) is 3. The summed E-state index contributed by atoms with van der Waals surface area (Å²) in [6.45, 7) is 1.84. The van der Waals surface area contributed by atoms with Gasteiger partial charge in [0.1, 0.15) is 5.01 Å². The molecule has 0 aliphatic heterocycles. The van der Waals surface area contributed by atoms with Crippen molar-refractivity contribution in [1.82, 2.24) is 14.6 Å². The van der Waals surface area contributed by atoms with E-state index in [1.54, 1.807) is 0 Å². The second-order valence-electron chi connectivity index (χ2n) is 5.97. The summed E-state index contributed by atoms with van der Waals surface area (Å²) in [6, 6.07) is 15.2. The van der Waals surface area contributed by atoms with Crippen molar-refractivity contribution in [3.8, 4) is 0 Å². The zero-order chi connectivity index (χ0) is 18.8. The topological polar surface area (TPSA) is 76.4 Å². The van der Waals surface area contributed by atoms with E-state index in [4.69, 9.17) is 0 Å². The maximum atomic E-state index is 12.3. The molecule has 4 aromatic rings. The van der Waals surface area contributed by atoms with Gasteiger partial charge >= 0.3 is 0 Å². The van der Waals surface area contributed by atoms with E-state index in [0.717, 1.165) is 21.5 Å². The molecule has 2 aromatic heterocycles. The van der Waals surface area contributed by atoms with Gasteiger partial charge in [0.2, 0.25) is 10.9 Å². The van der Waals surface area contributed by atoms with Crippen LogP contribution in [0.5, 0.6) is 0 Å². The third kappa shape index (κ3) is 3.86. The summed E-state index contributed by atoms with van der Waals surface area (Å²) < 4.78 is 1.31. The van der Waals surface area contributed by atoms with Gasteiger partial charge in [0.05, 0.1) is 11.4 Å². The van der Waals surface area contributed by atoms with Crippen molar-refractivity contribution >= 4 is 50.4 Å². The van der Waals surface area contributed by atoms with E-state index < -0.39 is 0 Å². The largest absolute Gasteiger partial charge is 0.325 e. The molecule has 0 unspecified atom stereocenters. The maximum absolute atomic E-state index is 12.3. The molecule has 0 bridgehead atoms. The number of rotatable bonds is 5. The molecule has 0 saturated carbocycles. The van der Waals surface area contributed by atoms with Crippen molar-refractivity contribution in [1.29, 1.82) is 0 Å². The van der Waals surface area contributed by atoms with Crippen LogP contribution in [0.4, 0.5) is 5.69 Å². The van der Waals surface area contributed by atoms with Crippen LogP contribution in [0.25, 0.3) is 15.7 Å². The molecule has 1 N–H and O–H groups in total. The molecule has 1 amide bonds. The van der Waals surface area contributed by atoms with E-state index in [1.807, 2.05) is 49.4 Å². The van der Waals surface area contributed by atoms with Gasteiger partial charge in [-0.1, -0.05) is 47.7 Å². The van der Waals surface area contributed by atoms with Gasteiger partial charge in [-0.3, -0.25) is 9.59 Å². The third-order valence-electron chi connectivity index (χ3n) is 3.95. The zero-order valence-electron chi connectivity index (χ0n) is 14.5. The maximum Gasteiger partial charge on any atom is 0.275 e. The molecule has 0 atom stereocenters. The van der Waals surface area contributed by atoms with Crippen molar-refractivity contribution < 1.29 is 4.79 Å². The fraction of sp³-hybridized carbons (Fsp3) is 0.158. The first kappa shape index (κ1) is 17.7. The predicted octanol–water partition coefficient (Wildman–Crippen LogP) is 3.48. The number of anilines is 1. The predicted molar refractivity (Wildman–Crippen MR) is 111 cm³/mol. The number of fused-ring (bicyclic) bond motifs is 2. The lowest BCUT2D eigenvalue weighted by Crippen LogP contribution is -2.16. The number of aryl methyl sites for hydroxylation is 1. The molecule has 0 fully saturated rings. The molecule has 8 heteroatoms. The number of carbonyl (C=O) groups is 1. The lowest BCUT2D eigenvalue weighted by atomic mass is 10.1. The average Bonchev–Trinajstić information content (AvgIpc) is 3.03. The molecule has 2 aromatic carbocycles. The highest BCUT2D eigenvalue weighted by molar-refractivity contribution is 7.99. The molecule has 0 aliphatic carbocycles. The molecule has 0 spiro atoms. The van der Waals surface area contributed by atoms with Crippen molar-refractivity contribution in [2.45, 2.75) is 12.7 Å². The van der Waals surface area contributed by atoms with E-state index in [2.05, 4.69) is 15.4 Å². The van der Waals surface area contributed by atoms with Crippen LogP contribution in [0.2, 0.25) is 0 Å². The number of amides is 1. The number of hydrogen-bond acceptors (Lipinski definition) is 6.